The van der Waals surface area contributed by atoms with Gasteiger partial charge in [0, 0.05) is 33.5 Å². The predicted molar refractivity (Wildman–Crippen MR) is 236 cm³/mol. The molecule has 10 aromatic rings. The van der Waals surface area contributed by atoms with E-state index in [1.807, 2.05) is 24.3 Å². The van der Waals surface area contributed by atoms with Crippen LogP contribution < -0.4 is 0 Å². The van der Waals surface area contributed by atoms with Gasteiger partial charge in [-0.05, 0) is 96.5 Å². The topological polar surface area (TPSA) is 25.5 Å². The van der Waals surface area contributed by atoms with Crippen molar-refractivity contribution in [3.05, 3.63) is 223 Å². The number of aliphatic imine (C=N–C) groups is 1. The Bertz CT molecular complexity index is 3330. The molecule has 0 unspecified atom stereocenters. The molecule has 56 heavy (non-hydrogen) atoms. The van der Waals surface area contributed by atoms with Crippen molar-refractivity contribution in [1.82, 2.24) is 0 Å². The van der Waals surface area contributed by atoms with Crippen LogP contribution in [0.15, 0.2) is 215 Å². The van der Waals surface area contributed by atoms with Crippen molar-refractivity contribution in [2.75, 3.05) is 0 Å². The minimum atomic E-state index is 0.840. The van der Waals surface area contributed by atoms with Crippen LogP contribution in [0.25, 0.3) is 87.8 Å². The van der Waals surface area contributed by atoms with E-state index in [2.05, 4.69) is 182 Å². The number of allylic oxidation sites excluding steroid dienone is 2. The molecule has 0 N–H and O–H groups in total. The van der Waals surface area contributed by atoms with Gasteiger partial charge in [-0.25, -0.2) is 4.99 Å². The molecule has 0 atom stereocenters. The Kier molecular flexibility index (Phi) is 7.48. The number of nitrogens with zero attached hydrogens (tertiary/aromatic N) is 1. The number of furan rings is 1. The van der Waals surface area contributed by atoms with Gasteiger partial charge in [0.1, 0.15) is 11.2 Å². The van der Waals surface area contributed by atoms with E-state index in [9.17, 15) is 0 Å². The standard InChI is InChI=1S/C54H33NO/c1-2-13-35(14-3-1)36-16-10-17-39(31-36)51-30-28-38(33-52(55-51)40-27-29-49-48-21-8-9-26-53(48)56-54(49)34-40)42-22-11-24-45-44(42)23-12-25-47(45)50-32-37-15-4-5-18-41(37)43-19-6-7-20-46(43)50/h1-27,29-34H. The van der Waals surface area contributed by atoms with Crippen LogP contribution in [0.5, 0.6) is 0 Å². The van der Waals surface area contributed by atoms with E-state index >= 15 is 0 Å². The van der Waals surface area contributed by atoms with Crippen molar-refractivity contribution >= 4 is 71.2 Å². The predicted octanol–water partition coefficient (Wildman–Crippen LogP) is 14.5. The molecule has 0 saturated carbocycles. The highest BCUT2D eigenvalue weighted by Crippen LogP contribution is 2.40. The third-order valence-electron chi connectivity index (χ3n) is 11.1. The lowest BCUT2D eigenvalue weighted by molar-refractivity contribution is 0.669. The summed E-state index contributed by atoms with van der Waals surface area (Å²) in [5.41, 5.74) is 16.0. The van der Waals surface area contributed by atoms with Gasteiger partial charge in [0.15, 0.2) is 0 Å². The third kappa shape index (κ3) is 5.40. The Morgan fingerprint density at radius 2 is 1.00 bits per heavy atom. The van der Waals surface area contributed by atoms with Gasteiger partial charge in [0.25, 0.3) is 0 Å². The van der Waals surface area contributed by atoms with Crippen LogP contribution in [0.3, 0.4) is 0 Å². The first-order valence-corrected chi connectivity index (χ1v) is 19.0. The van der Waals surface area contributed by atoms with Crippen LogP contribution in [0.4, 0.5) is 0 Å². The molecule has 2 heteroatoms. The normalized spacial score (nSPS) is 13.0. The molecule has 0 fully saturated rings. The van der Waals surface area contributed by atoms with Gasteiger partial charge in [-0.2, -0.15) is 0 Å². The molecular formula is C54H33NO. The van der Waals surface area contributed by atoms with Gasteiger partial charge in [-0.1, -0.05) is 158 Å². The maximum Gasteiger partial charge on any atom is 0.136 e. The highest BCUT2D eigenvalue weighted by Gasteiger charge is 2.17. The van der Waals surface area contributed by atoms with E-state index in [1.165, 1.54) is 43.6 Å². The molecule has 2 nitrogen and oxygen atoms in total. The first kappa shape index (κ1) is 32.0. The van der Waals surface area contributed by atoms with E-state index < -0.39 is 0 Å². The smallest absolute Gasteiger partial charge is 0.136 e. The number of benzene rings is 9. The molecule has 9 aromatic carbocycles. The Balaban J connectivity index is 1.11. The number of para-hydroxylation sites is 1. The van der Waals surface area contributed by atoms with E-state index in [0.717, 1.165) is 66.6 Å². The first-order chi connectivity index (χ1) is 27.7. The monoisotopic (exact) mass is 711 g/mol. The summed E-state index contributed by atoms with van der Waals surface area (Å²) in [5.74, 6) is 0. The second-order valence-corrected chi connectivity index (χ2v) is 14.4. The number of fused-ring (bicyclic) bond motifs is 7. The minimum Gasteiger partial charge on any atom is -0.456 e. The Morgan fingerprint density at radius 1 is 0.375 bits per heavy atom. The Hall–Kier alpha value is -7.51. The SMILES string of the molecule is C1=CC(c2cccc(-c3ccccc3)c2)=NC(c2ccc3c(c2)oc2ccccc23)=CC=1c1cccc2c(-c3cc4ccccc4c4ccccc34)cccc12. The maximum absolute atomic E-state index is 6.37. The molecule has 0 amide bonds. The minimum absolute atomic E-state index is 0.840. The number of hydrogen-bond acceptors (Lipinski definition) is 2. The molecule has 2 heterocycles. The molecule has 0 radical (unpaired) electrons. The molecule has 1 aliphatic heterocycles. The fourth-order valence-corrected chi connectivity index (χ4v) is 8.40. The molecule has 260 valence electrons. The van der Waals surface area contributed by atoms with Gasteiger partial charge in [0.2, 0.25) is 0 Å². The van der Waals surface area contributed by atoms with E-state index in [1.54, 1.807) is 0 Å². The molecular weight excluding hydrogens is 679 g/mol. The zero-order chi connectivity index (χ0) is 37.0. The number of rotatable bonds is 5. The van der Waals surface area contributed by atoms with Crippen LogP contribution in [0.2, 0.25) is 0 Å². The largest absolute Gasteiger partial charge is 0.456 e. The van der Waals surface area contributed by atoms with Gasteiger partial charge in [-0.15, -0.1) is 5.73 Å². The lowest BCUT2D eigenvalue weighted by Crippen LogP contribution is -1.97. The molecule has 1 aromatic heterocycles. The van der Waals surface area contributed by atoms with Crippen LogP contribution in [0.1, 0.15) is 16.7 Å². The highest BCUT2D eigenvalue weighted by atomic mass is 16.3. The highest BCUT2D eigenvalue weighted by molar-refractivity contribution is 6.18. The van der Waals surface area contributed by atoms with Crippen molar-refractivity contribution in [1.29, 1.82) is 0 Å². The summed E-state index contributed by atoms with van der Waals surface area (Å²) in [6, 6.07) is 66.8. The lowest BCUT2D eigenvalue weighted by atomic mass is 9.89. The van der Waals surface area contributed by atoms with E-state index in [-0.39, 0.29) is 0 Å². The van der Waals surface area contributed by atoms with Gasteiger partial charge >= 0.3 is 0 Å². The molecule has 0 saturated heterocycles. The Morgan fingerprint density at radius 3 is 1.88 bits per heavy atom. The van der Waals surface area contributed by atoms with E-state index in [4.69, 9.17) is 9.41 Å². The van der Waals surface area contributed by atoms with Crippen molar-refractivity contribution in [2.45, 2.75) is 0 Å². The van der Waals surface area contributed by atoms with Crippen molar-refractivity contribution < 1.29 is 4.42 Å². The van der Waals surface area contributed by atoms with Crippen molar-refractivity contribution in [3.63, 3.8) is 0 Å². The summed E-state index contributed by atoms with van der Waals surface area (Å²) in [4.78, 5) is 5.39. The van der Waals surface area contributed by atoms with Crippen LogP contribution in [-0.2, 0) is 0 Å². The average molecular weight is 712 g/mol. The van der Waals surface area contributed by atoms with Crippen LogP contribution in [-0.4, -0.2) is 5.71 Å². The molecule has 0 spiro atoms. The summed E-state index contributed by atoms with van der Waals surface area (Å²) < 4.78 is 6.37. The van der Waals surface area contributed by atoms with Crippen molar-refractivity contribution in [2.24, 2.45) is 4.99 Å². The molecule has 0 bridgehead atoms. The first-order valence-electron chi connectivity index (χ1n) is 19.0. The fraction of sp³-hybridized carbons (Fsp3) is 0. The average Bonchev–Trinajstić information content (AvgIpc) is 3.49. The van der Waals surface area contributed by atoms with Crippen molar-refractivity contribution in [3.8, 4) is 22.3 Å². The quantitative estimate of drug-likeness (QED) is 0.129. The molecule has 1 aliphatic rings. The Labute approximate surface area is 324 Å². The summed E-state index contributed by atoms with van der Waals surface area (Å²) >= 11 is 0. The zero-order valence-corrected chi connectivity index (χ0v) is 30.4. The molecule has 11 rings (SSSR count). The van der Waals surface area contributed by atoms with Gasteiger partial charge in [-0.3, -0.25) is 0 Å². The summed E-state index contributed by atoms with van der Waals surface area (Å²) in [7, 11) is 0. The zero-order valence-electron chi connectivity index (χ0n) is 30.4. The molecule has 0 aliphatic carbocycles. The van der Waals surface area contributed by atoms with Crippen LogP contribution in [0, 0.1) is 0 Å². The third-order valence-corrected chi connectivity index (χ3v) is 11.1. The van der Waals surface area contributed by atoms with E-state index in [0.29, 0.717) is 0 Å². The second kappa shape index (κ2) is 13.1. The van der Waals surface area contributed by atoms with Crippen LogP contribution >= 0.6 is 0 Å². The fourth-order valence-electron chi connectivity index (χ4n) is 8.40. The lowest BCUT2D eigenvalue weighted by Gasteiger charge is -2.15. The number of hydrogen-bond donors (Lipinski definition) is 0. The maximum atomic E-state index is 6.37. The summed E-state index contributed by atoms with van der Waals surface area (Å²) in [5, 5.41) is 9.57. The summed E-state index contributed by atoms with van der Waals surface area (Å²) in [6.45, 7) is 0. The van der Waals surface area contributed by atoms with Gasteiger partial charge < -0.3 is 4.42 Å². The second-order valence-electron chi connectivity index (χ2n) is 14.4. The summed E-state index contributed by atoms with van der Waals surface area (Å²) in [6.07, 6.45) is 4.23. The van der Waals surface area contributed by atoms with Gasteiger partial charge in [0.05, 0.1) is 11.4 Å².